The third-order valence-electron chi connectivity index (χ3n) is 2.73. The molecule has 3 nitrogen and oxygen atoms in total. The lowest BCUT2D eigenvalue weighted by molar-refractivity contribution is 0.101. The van der Waals surface area contributed by atoms with Gasteiger partial charge >= 0.3 is 0 Å². The van der Waals surface area contributed by atoms with Crippen LogP contribution >= 0.6 is 15.9 Å². The molecule has 2 aromatic rings. The van der Waals surface area contributed by atoms with E-state index in [-0.39, 0.29) is 11.6 Å². The molecule has 94 valence electrons. The van der Waals surface area contributed by atoms with E-state index in [0.717, 1.165) is 11.1 Å². The van der Waals surface area contributed by atoms with Crippen LogP contribution < -0.4 is 4.90 Å². The Labute approximate surface area is 113 Å². The zero-order valence-corrected chi connectivity index (χ0v) is 11.9. The second-order valence-electron chi connectivity index (χ2n) is 4.23. The average Bonchev–Trinajstić information content (AvgIpc) is 2.32. The van der Waals surface area contributed by atoms with Crippen molar-refractivity contribution in [3.05, 3.63) is 34.2 Å². The number of anilines is 1. The summed E-state index contributed by atoms with van der Waals surface area (Å²) < 4.78 is 13.8. The van der Waals surface area contributed by atoms with Crippen LogP contribution in [0.3, 0.4) is 0 Å². The molecule has 0 saturated carbocycles. The molecule has 0 amide bonds. The molecule has 0 saturated heterocycles. The Kier molecular flexibility index (Phi) is 3.34. The van der Waals surface area contributed by atoms with Crippen LogP contribution in [0, 0.1) is 5.82 Å². The van der Waals surface area contributed by atoms with E-state index < -0.39 is 0 Å². The van der Waals surface area contributed by atoms with Gasteiger partial charge in [0.15, 0.2) is 5.78 Å². The fourth-order valence-electron chi connectivity index (χ4n) is 1.93. The van der Waals surface area contributed by atoms with Crippen molar-refractivity contribution in [3.63, 3.8) is 0 Å². The van der Waals surface area contributed by atoms with Gasteiger partial charge < -0.3 is 4.90 Å². The highest BCUT2D eigenvalue weighted by molar-refractivity contribution is 9.10. The maximum absolute atomic E-state index is 13.5. The first-order chi connectivity index (χ1) is 8.43. The first-order valence-electron chi connectivity index (χ1n) is 5.38. The van der Waals surface area contributed by atoms with E-state index in [9.17, 15) is 9.18 Å². The van der Waals surface area contributed by atoms with E-state index in [1.165, 1.54) is 19.2 Å². The third-order valence-corrected chi connectivity index (χ3v) is 3.48. The standard InChI is InChI=1S/C13H12BrFN2O/c1-7(18)9-6-16-12-8(13(9)17(2)3)4-5-10(15)11(12)14/h4-6H,1-3H3. The maximum Gasteiger partial charge on any atom is 0.163 e. The molecular formula is C13H12BrFN2O. The molecular weight excluding hydrogens is 299 g/mol. The maximum atomic E-state index is 13.5. The van der Waals surface area contributed by atoms with Gasteiger partial charge in [-0.2, -0.15) is 0 Å². The number of fused-ring (bicyclic) bond motifs is 1. The van der Waals surface area contributed by atoms with E-state index in [2.05, 4.69) is 20.9 Å². The van der Waals surface area contributed by atoms with Gasteiger partial charge in [0.2, 0.25) is 0 Å². The zero-order chi connectivity index (χ0) is 13.4. The van der Waals surface area contributed by atoms with Gasteiger partial charge in [-0.3, -0.25) is 9.78 Å². The van der Waals surface area contributed by atoms with Crippen molar-refractivity contribution >= 4 is 38.3 Å². The summed E-state index contributed by atoms with van der Waals surface area (Å²) in [7, 11) is 3.69. The van der Waals surface area contributed by atoms with E-state index in [4.69, 9.17) is 0 Å². The topological polar surface area (TPSA) is 33.2 Å². The number of nitrogens with zero attached hydrogens (tertiary/aromatic N) is 2. The highest BCUT2D eigenvalue weighted by Gasteiger charge is 2.16. The molecule has 1 aromatic heterocycles. The van der Waals surface area contributed by atoms with Crippen LogP contribution in [0.1, 0.15) is 17.3 Å². The largest absolute Gasteiger partial charge is 0.376 e. The molecule has 0 aliphatic carbocycles. The normalized spacial score (nSPS) is 10.7. The number of aromatic nitrogens is 1. The van der Waals surface area contributed by atoms with Crippen LogP contribution in [-0.4, -0.2) is 24.9 Å². The molecule has 5 heteroatoms. The summed E-state index contributed by atoms with van der Waals surface area (Å²) >= 11 is 3.18. The third kappa shape index (κ3) is 1.99. The highest BCUT2D eigenvalue weighted by atomic mass is 79.9. The number of Topliss-reactive ketones (excluding diaryl/α,β-unsaturated/α-hetero) is 1. The van der Waals surface area contributed by atoms with Gasteiger partial charge in [-0.1, -0.05) is 0 Å². The zero-order valence-electron chi connectivity index (χ0n) is 10.3. The van der Waals surface area contributed by atoms with Crippen molar-refractivity contribution in [2.24, 2.45) is 0 Å². The van der Waals surface area contributed by atoms with Gasteiger partial charge in [-0.15, -0.1) is 0 Å². The Hall–Kier alpha value is -1.49. The summed E-state index contributed by atoms with van der Waals surface area (Å²) in [6.07, 6.45) is 1.49. The Bertz CT molecular complexity index is 640. The monoisotopic (exact) mass is 310 g/mol. The minimum Gasteiger partial charge on any atom is -0.376 e. The Morgan fingerprint density at radius 2 is 2.06 bits per heavy atom. The molecule has 0 aliphatic heterocycles. The highest BCUT2D eigenvalue weighted by Crippen LogP contribution is 2.33. The van der Waals surface area contributed by atoms with Crippen LogP contribution in [0.5, 0.6) is 0 Å². The van der Waals surface area contributed by atoms with E-state index >= 15 is 0 Å². The van der Waals surface area contributed by atoms with Crippen molar-refractivity contribution in [1.29, 1.82) is 0 Å². The summed E-state index contributed by atoms with van der Waals surface area (Å²) in [5.74, 6) is -0.427. The lowest BCUT2D eigenvalue weighted by Gasteiger charge is -2.18. The predicted octanol–water partition coefficient (Wildman–Crippen LogP) is 3.41. The molecule has 0 bridgehead atoms. The van der Waals surface area contributed by atoms with Crippen molar-refractivity contribution in [2.45, 2.75) is 6.92 Å². The lowest BCUT2D eigenvalue weighted by Crippen LogP contribution is -2.14. The number of carbonyl (C=O) groups is 1. The van der Waals surface area contributed by atoms with Crippen LogP contribution in [0.25, 0.3) is 10.9 Å². The summed E-state index contributed by atoms with van der Waals surface area (Å²) in [5, 5.41) is 0.751. The Morgan fingerprint density at radius 1 is 1.39 bits per heavy atom. The summed E-state index contributed by atoms with van der Waals surface area (Å²) in [4.78, 5) is 17.6. The van der Waals surface area contributed by atoms with Crippen molar-refractivity contribution in [3.8, 4) is 0 Å². The molecule has 0 radical (unpaired) electrons. The van der Waals surface area contributed by atoms with Crippen LogP contribution in [0.4, 0.5) is 10.1 Å². The molecule has 0 fully saturated rings. The summed E-state index contributed by atoms with van der Waals surface area (Å²) in [6.45, 7) is 1.49. The fraction of sp³-hybridized carbons (Fsp3) is 0.231. The summed E-state index contributed by atoms with van der Waals surface area (Å²) in [5.41, 5.74) is 1.81. The number of hydrogen-bond acceptors (Lipinski definition) is 3. The average molecular weight is 311 g/mol. The fourth-order valence-corrected chi connectivity index (χ4v) is 2.38. The molecule has 18 heavy (non-hydrogen) atoms. The van der Waals surface area contributed by atoms with Crippen molar-refractivity contribution in [2.75, 3.05) is 19.0 Å². The molecule has 2 rings (SSSR count). The second-order valence-corrected chi connectivity index (χ2v) is 5.02. The Balaban J connectivity index is 2.91. The number of benzene rings is 1. The van der Waals surface area contributed by atoms with Gasteiger partial charge in [0.05, 0.1) is 21.2 Å². The molecule has 1 aromatic carbocycles. The van der Waals surface area contributed by atoms with E-state index in [1.807, 2.05) is 19.0 Å². The quantitative estimate of drug-likeness (QED) is 0.797. The van der Waals surface area contributed by atoms with Gasteiger partial charge in [-0.25, -0.2) is 4.39 Å². The first-order valence-corrected chi connectivity index (χ1v) is 6.17. The van der Waals surface area contributed by atoms with Gasteiger partial charge in [-0.05, 0) is 35.0 Å². The van der Waals surface area contributed by atoms with Gasteiger partial charge in [0, 0.05) is 25.7 Å². The van der Waals surface area contributed by atoms with Crippen LogP contribution in [-0.2, 0) is 0 Å². The number of hydrogen-bond donors (Lipinski definition) is 0. The first kappa shape index (κ1) is 13.0. The molecule has 0 unspecified atom stereocenters. The number of halogens is 2. The van der Waals surface area contributed by atoms with Crippen molar-refractivity contribution < 1.29 is 9.18 Å². The smallest absolute Gasteiger partial charge is 0.163 e. The lowest BCUT2D eigenvalue weighted by atomic mass is 10.1. The molecule has 0 spiro atoms. The molecule has 1 heterocycles. The van der Waals surface area contributed by atoms with Gasteiger partial charge in [0.25, 0.3) is 0 Å². The Morgan fingerprint density at radius 3 is 2.61 bits per heavy atom. The van der Waals surface area contributed by atoms with Crippen LogP contribution in [0.15, 0.2) is 22.8 Å². The number of ketones is 1. The minimum atomic E-state index is -0.365. The molecule has 0 N–H and O–H groups in total. The van der Waals surface area contributed by atoms with E-state index in [1.54, 1.807) is 6.07 Å². The summed E-state index contributed by atoms with van der Waals surface area (Å²) in [6, 6.07) is 3.01. The van der Waals surface area contributed by atoms with Gasteiger partial charge in [0.1, 0.15) is 5.82 Å². The molecule has 0 aliphatic rings. The van der Waals surface area contributed by atoms with Crippen molar-refractivity contribution in [1.82, 2.24) is 4.98 Å². The molecule has 0 atom stereocenters. The van der Waals surface area contributed by atoms with E-state index in [0.29, 0.717) is 15.6 Å². The van der Waals surface area contributed by atoms with Crippen LogP contribution in [0.2, 0.25) is 0 Å². The predicted molar refractivity (Wildman–Crippen MR) is 73.7 cm³/mol. The number of carbonyl (C=O) groups excluding carboxylic acids is 1. The SMILES string of the molecule is CC(=O)c1cnc2c(Br)c(F)ccc2c1N(C)C. The number of rotatable bonds is 2. The second kappa shape index (κ2) is 4.65. The minimum absolute atomic E-state index is 0.0615. The number of pyridine rings is 1.